The summed E-state index contributed by atoms with van der Waals surface area (Å²) < 4.78 is 0. The molecule has 2 rings (SSSR count). The number of amides is 1. The first-order chi connectivity index (χ1) is 11.5. The van der Waals surface area contributed by atoms with Crippen LogP contribution in [0.15, 0.2) is 40.6 Å². The minimum Gasteiger partial charge on any atom is -0.478 e. The number of hydrogen-bond donors (Lipinski definition) is 2. The molecule has 2 N–H and O–H groups in total. The molecule has 24 heavy (non-hydrogen) atoms. The lowest BCUT2D eigenvalue weighted by Gasteiger charge is -2.03. The molecule has 7 nitrogen and oxygen atoms in total. The van der Waals surface area contributed by atoms with E-state index < -0.39 is 5.97 Å². The second-order valence-corrected chi connectivity index (χ2v) is 5.85. The first kappa shape index (κ1) is 17.6. The van der Waals surface area contributed by atoms with E-state index in [0.29, 0.717) is 10.7 Å². The molecule has 0 bridgehead atoms. The average Bonchev–Trinajstić information content (AvgIpc) is 2.52. The van der Waals surface area contributed by atoms with Gasteiger partial charge >= 0.3 is 5.97 Å². The van der Waals surface area contributed by atoms with Crippen LogP contribution in [0.4, 0.5) is 0 Å². The lowest BCUT2D eigenvalue weighted by Crippen LogP contribution is -2.20. The number of benzene rings is 1. The van der Waals surface area contributed by atoms with Gasteiger partial charge in [0.2, 0.25) is 0 Å². The number of rotatable bonds is 6. The van der Waals surface area contributed by atoms with E-state index in [1.165, 1.54) is 24.0 Å². The lowest BCUT2D eigenvalue weighted by atomic mass is 10.1. The van der Waals surface area contributed by atoms with Crippen molar-refractivity contribution in [1.29, 1.82) is 0 Å². The van der Waals surface area contributed by atoms with E-state index in [1.54, 1.807) is 18.2 Å². The smallest absolute Gasteiger partial charge is 0.336 e. The van der Waals surface area contributed by atoms with Crippen molar-refractivity contribution in [1.82, 2.24) is 15.4 Å². The van der Waals surface area contributed by atoms with Gasteiger partial charge in [-0.3, -0.25) is 4.79 Å². The predicted octanol–water partition coefficient (Wildman–Crippen LogP) is 2.03. The number of aromatic carboxylic acids is 1. The van der Waals surface area contributed by atoms with Crippen molar-refractivity contribution >= 4 is 29.9 Å². The van der Waals surface area contributed by atoms with E-state index >= 15 is 0 Å². The zero-order valence-corrected chi connectivity index (χ0v) is 14.0. The number of hydrogen-bond acceptors (Lipinski definition) is 6. The molecule has 1 amide bonds. The fourth-order valence-electron chi connectivity index (χ4n) is 1.90. The third-order valence-corrected chi connectivity index (χ3v) is 3.73. The maximum Gasteiger partial charge on any atom is 0.336 e. The highest BCUT2D eigenvalue weighted by Gasteiger charge is 2.08. The molecular formula is C16H16N4O3S. The number of nitrogens with one attached hydrogen (secondary N) is 1. The molecule has 1 heterocycles. The number of aromatic nitrogens is 2. The van der Waals surface area contributed by atoms with Crippen molar-refractivity contribution in [2.24, 2.45) is 5.10 Å². The second-order valence-electron chi connectivity index (χ2n) is 4.91. The number of hydrazone groups is 1. The Morgan fingerprint density at radius 1 is 1.25 bits per heavy atom. The molecule has 124 valence electrons. The van der Waals surface area contributed by atoms with Crippen LogP contribution in [0.1, 0.15) is 27.3 Å². The Morgan fingerprint density at radius 3 is 2.58 bits per heavy atom. The quantitative estimate of drug-likeness (QED) is 0.360. The monoisotopic (exact) mass is 344 g/mol. The Labute approximate surface area is 143 Å². The standard InChI is InChI=1S/C16H16N4O3S/c1-10-7-11(2)19-16(18-10)24-9-14(21)20-17-8-12-5-3-4-6-13(12)15(22)23/h3-8H,9H2,1-2H3,(H,20,21)(H,22,23). The highest BCUT2D eigenvalue weighted by molar-refractivity contribution is 7.99. The van der Waals surface area contributed by atoms with Gasteiger partial charge < -0.3 is 5.11 Å². The van der Waals surface area contributed by atoms with Gasteiger partial charge in [-0.25, -0.2) is 20.2 Å². The molecule has 0 saturated carbocycles. The van der Waals surface area contributed by atoms with Gasteiger partial charge in [-0.05, 0) is 26.0 Å². The van der Waals surface area contributed by atoms with Crippen LogP contribution in [-0.4, -0.2) is 38.9 Å². The minimum atomic E-state index is -1.05. The van der Waals surface area contributed by atoms with Crippen molar-refractivity contribution in [3.63, 3.8) is 0 Å². The van der Waals surface area contributed by atoms with Crippen molar-refractivity contribution in [2.45, 2.75) is 19.0 Å². The predicted molar refractivity (Wildman–Crippen MR) is 91.4 cm³/mol. The van der Waals surface area contributed by atoms with Crippen LogP contribution >= 0.6 is 11.8 Å². The molecule has 0 fully saturated rings. The Balaban J connectivity index is 1.90. The third kappa shape index (κ3) is 5.17. The van der Waals surface area contributed by atoms with Crippen molar-refractivity contribution < 1.29 is 14.7 Å². The van der Waals surface area contributed by atoms with E-state index in [0.717, 1.165) is 11.4 Å². The summed E-state index contributed by atoms with van der Waals surface area (Å²) in [5, 5.41) is 13.4. The van der Waals surface area contributed by atoms with Gasteiger partial charge in [-0.1, -0.05) is 30.0 Å². The molecular weight excluding hydrogens is 328 g/mol. The van der Waals surface area contributed by atoms with E-state index in [4.69, 9.17) is 5.11 Å². The largest absolute Gasteiger partial charge is 0.478 e. The number of aryl methyl sites for hydroxylation is 2. The molecule has 1 aromatic carbocycles. The van der Waals surface area contributed by atoms with Gasteiger partial charge in [-0.15, -0.1) is 0 Å². The Morgan fingerprint density at radius 2 is 1.92 bits per heavy atom. The molecule has 1 aromatic heterocycles. The summed E-state index contributed by atoms with van der Waals surface area (Å²) in [4.78, 5) is 31.3. The summed E-state index contributed by atoms with van der Waals surface area (Å²) in [5.41, 5.74) is 4.57. The molecule has 0 saturated heterocycles. The maximum absolute atomic E-state index is 11.8. The molecule has 0 atom stereocenters. The molecule has 0 aliphatic heterocycles. The summed E-state index contributed by atoms with van der Waals surface area (Å²) in [7, 11) is 0. The zero-order chi connectivity index (χ0) is 17.5. The summed E-state index contributed by atoms with van der Waals surface area (Å²) in [6, 6.07) is 8.26. The van der Waals surface area contributed by atoms with E-state index in [2.05, 4.69) is 20.5 Å². The van der Waals surface area contributed by atoms with Gasteiger partial charge in [-0.2, -0.15) is 5.10 Å². The fraction of sp³-hybridized carbons (Fsp3) is 0.188. The summed E-state index contributed by atoms with van der Waals surface area (Å²) >= 11 is 1.21. The number of carbonyl (C=O) groups is 2. The number of carboxylic acids is 1. The Kier molecular flexibility index (Phi) is 6.02. The molecule has 0 unspecified atom stereocenters. The number of thioether (sulfide) groups is 1. The molecule has 0 aliphatic rings. The number of carboxylic acid groups (broad SMARTS) is 1. The highest BCUT2D eigenvalue weighted by Crippen LogP contribution is 2.13. The average molecular weight is 344 g/mol. The molecule has 8 heteroatoms. The van der Waals surface area contributed by atoms with Crippen LogP contribution in [0.3, 0.4) is 0 Å². The fourth-order valence-corrected chi connectivity index (χ4v) is 2.64. The number of carbonyl (C=O) groups excluding carboxylic acids is 1. The van der Waals surface area contributed by atoms with E-state index in [-0.39, 0.29) is 17.2 Å². The van der Waals surface area contributed by atoms with Gasteiger partial charge in [0.25, 0.3) is 5.91 Å². The second kappa shape index (κ2) is 8.21. The van der Waals surface area contributed by atoms with Gasteiger partial charge in [0.05, 0.1) is 17.5 Å². The number of nitrogens with zero attached hydrogens (tertiary/aromatic N) is 3. The van der Waals surface area contributed by atoms with Gasteiger partial charge in [0.15, 0.2) is 5.16 Å². The van der Waals surface area contributed by atoms with Crippen LogP contribution in [0.2, 0.25) is 0 Å². The Hall–Kier alpha value is -2.74. The first-order valence-electron chi connectivity index (χ1n) is 7.05. The molecule has 0 aliphatic carbocycles. The summed E-state index contributed by atoms with van der Waals surface area (Å²) in [5.74, 6) is -1.27. The normalized spacial score (nSPS) is 10.8. The molecule has 2 aromatic rings. The van der Waals surface area contributed by atoms with Crippen LogP contribution in [0.25, 0.3) is 0 Å². The van der Waals surface area contributed by atoms with Crippen LogP contribution < -0.4 is 5.43 Å². The summed E-state index contributed by atoms with van der Waals surface area (Å²) in [6.45, 7) is 3.73. The van der Waals surface area contributed by atoms with Gasteiger partial charge in [0, 0.05) is 17.0 Å². The van der Waals surface area contributed by atoms with E-state index in [1.807, 2.05) is 19.9 Å². The molecule has 0 radical (unpaired) electrons. The maximum atomic E-state index is 11.8. The van der Waals surface area contributed by atoms with Crippen molar-refractivity contribution in [3.05, 3.63) is 52.8 Å². The first-order valence-corrected chi connectivity index (χ1v) is 8.03. The SMILES string of the molecule is Cc1cc(C)nc(SCC(=O)NN=Cc2ccccc2C(=O)O)n1. The molecule has 0 spiro atoms. The van der Waals surface area contributed by atoms with Crippen molar-refractivity contribution in [3.8, 4) is 0 Å². The third-order valence-electron chi connectivity index (χ3n) is 2.88. The van der Waals surface area contributed by atoms with E-state index in [9.17, 15) is 9.59 Å². The van der Waals surface area contributed by atoms with Gasteiger partial charge in [0.1, 0.15) is 0 Å². The van der Waals surface area contributed by atoms with Crippen molar-refractivity contribution in [2.75, 3.05) is 5.75 Å². The Bertz CT molecular complexity index is 772. The topological polar surface area (TPSA) is 105 Å². The lowest BCUT2D eigenvalue weighted by molar-refractivity contribution is -0.118. The van der Waals surface area contributed by atoms with Crippen LogP contribution in [0.5, 0.6) is 0 Å². The van der Waals surface area contributed by atoms with Crippen LogP contribution in [-0.2, 0) is 4.79 Å². The highest BCUT2D eigenvalue weighted by atomic mass is 32.2. The summed E-state index contributed by atoms with van der Waals surface area (Å²) in [6.07, 6.45) is 1.30. The van der Waals surface area contributed by atoms with Crippen LogP contribution in [0, 0.1) is 13.8 Å². The minimum absolute atomic E-state index is 0.112. The zero-order valence-electron chi connectivity index (χ0n) is 13.2.